The van der Waals surface area contributed by atoms with Crippen LogP contribution in [0.1, 0.15) is 32.6 Å². The van der Waals surface area contributed by atoms with Gasteiger partial charge in [0, 0.05) is 6.92 Å². The second-order valence-corrected chi connectivity index (χ2v) is 7.36. The number of methoxy groups -OCH3 is 2. The van der Waals surface area contributed by atoms with Crippen LogP contribution in [0.25, 0.3) is 22.0 Å². The van der Waals surface area contributed by atoms with E-state index in [1.54, 1.807) is 14.2 Å². The number of hydrogen-bond acceptors (Lipinski definition) is 6. The Balaban J connectivity index is 1.79. The van der Waals surface area contributed by atoms with Crippen LogP contribution in [-0.4, -0.2) is 36.2 Å². The lowest BCUT2D eigenvalue weighted by Crippen LogP contribution is -2.15. The van der Waals surface area contributed by atoms with Crippen LogP contribution in [0.5, 0.6) is 17.4 Å². The molecule has 1 N–H and O–H groups in total. The highest BCUT2D eigenvalue weighted by molar-refractivity contribution is 5.92. The molecule has 2 aromatic carbocycles. The summed E-state index contributed by atoms with van der Waals surface area (Å²) < 4.78 is 17.0. The van der Waals surface area contributed by atoms with Gasteiger partial charge in [0.2, 0.25) is 17.7 Å². The number of ether oxygens (including phenoxy) is 3. The minimum absolute atomic E-state index is 0.137. The Morgan fingerprint density at radius 3 is 2.37 bits per heavy atom. The number of fused-ring (bicyclic) bond motifs is 1. The predicted molar refractivity (Wildman–Crippen MR) is 115 cm³/mol. The smallest absolute Gasteiger partial charge is 0.233 e. The molecule has 0 unspecified atom stereocenters. The fourth-order valence-electron chi connectivity index (χ4n) is 3.76. The molecule has 0 bridgehead atoms. The quantitative estimate of drug-likeness (QED) is 0.643. The fourth-order valence-corrected chi connectivity index (χ4v) is 3.76. The molecule has 7 nitrogen and oxygen atoms in total. The van der Waals surface area contributed by atoms with Crippen LogP contribution in [0.2, 0.25) is 0 Å². The predicted octanol–water partition coefficient (Wildman–Crippen LogP) is 4.59. The Bertz CT molecular complexity index is 1080. The van der Waals surface area contributed by atoms with E-state index in [9.17, 15) is 4.79 Å². The molecule has 1 heterocycles. The molecule has 3 aromatic rings. The summed E-state index contributed by atoms with van der Waals surface area (Å²) >= 11 is 0. The summed E-state index contributed by atoms with van der Waals surface area (Å²) in [5.74, 6) is 1.87. The van der Waals surface area contributed by atoms with Gasteiger partial charge in [0.05, 0.1) is 25.1 Å². The van der Waals surface area contributed by atoms with Gasteiger partial charge in [0.15, 0.2) is 11.5 Å². The van der Waals surface area contributed by atoms with Gasteiger partial charge in [-0.2, -0.15) is 4.98 Å². The van der Waals surface area contributed by atoms with E-state index in [1.165, 1.54) is 6.92 Å². The Morgan fingerprint density at radius 1 is 0.967 bits per heavy atom. The molecular weight excluding hydrogens is 382 g/mol. The highest BCUT2D eigenvalue weighted by Gasteiger charge is 2.20. The maximum atomic E-state index is 11.5. The van der Waals surface area contributed by atoms with Crippen molar-refractivity contribution < 1.29 is 19.0 Å². The molecule has 30 heavy (non-hydrogen) atoms. The molecule has 156 valence electrons. The molecule has 0 radical (unpaired) electrons. The summed E-state index contributed by atoms with van der Waals surface area (Å²) in [6.45, 7) is 1.44. The lowest BCUT2D eigenvalue weighted by molar-refractivity contribution is -0.114. The number of nitrogens with one attached hydrogen (secondary N) is 1. The van der Waals surface area contributed by atoms with Crippen molar-refractivity contribution in [2.45, 2.75) is 38.7 Å². The van der Waals surface area contributed by atoms with Gasteiger partial charge in [0.1, 0.15) is 6.10 Å². The number of anilines is 1. The van der Waals surface area contributed by atoms with Crippen molar-refractivity contribution in [3.05, 3.63) is 36.4 Å². The van der Waals surface area contributed by atoms with Crippen LogP contribution < -0.4 is 19.5 Å². The average molecular weight is 407 g/mol. The number of hydrogen-bond donors (Lipinski definition) is 1. The Hall–Kier alpha value is -3.35. The van der Waals surface area contributed by atoms with Gasteiger partial charge in [-0.3, -0.25) is 10.1 Å². The zero-order valence-corrected chi connectivity index (χ0v) is 17.4. The molecule has 1 aliphatic carbocycles. The number of amides is 1. The molecule has 7 heteroatoms. The normalized spacial score (nSPS) is 14.0. The molecule has 1 aromatic heterocycles. The minimum atomic E-state index is -0.219. The first-order valence-corrected chi connectivity index (χ1v) is 10.1. The highest BCUT2D eigenvalue weighted by atomic mass is 16.5. The zero-order valence-electron chi connectivity index (χ0n) is 17.4. The summed E-state index contributed by atoms with van der Waals surface area (Å²) in [6.07, 6.45) is 4.47. The first-order chi connectivity index (χ1) is 14.6. The lowest BCUT2D eigenvalue weighted by atomic mass is 10.0. The number of rotatable bonds is 6. The number of carbonyl (C=O) groups excluding carboxylic acids is 1. The van der Waals surface area contributed by atoms with Crippen molar-refractivity contribution in [3.8, 4) is 28.5 Å². The van der Waals surface area contributed by atoms with Crippen molar-refractivity contribution >= 4 is 22.8 Å². The number of nitrogens with zero attached hydrogens (tertiary/aromatic N) is 2. The third kappa shape index (κ3) is 4.15. The van der Waals surface area contributed by atoms with E-state index in [4.69, 9.17) is 14.2 Å². The van der Waals surface area contributed by atoms with Crippen molar-refractivity contribution in [2.75, 3.05) is 19.5 Å². The van der Waals surface area contributed by atoms with Crippen LogP contribution in [0.15, 0.2) is 36.4 Å². The lowest BCUT2D eigenvalue weighted by Gasteiger charge is -2.16. The molecule has 1 aliphatic rings. The fraction of sp³-hybridized carbons (Fsp3) is 0.348. The van der Waals surface area contributed by atoms with Crippen LogP contribution in [0.4, 0.5) is 5.95 Å². The van der Waals surface area contributed by atoms with Gasteiger partial charge in [0.25, 0.3) is 0 Å². The summed E-state index contributed by atoms with van der Waals surface area (Å²) in [5, 5.41) is 3.47. The van der Waals surface area contributed by atoms with E-state index in [1.807, 2.05) is 36.4 Å². The Labute approximate surface area is 175 Å². The molecule has 0 spiro atoms. The second kappa shape index (κ2) is 8.57. The summed E-state index contributed by atoms with van der Waals surface area (Å²) in [5.41, 5.74) is 2.67. The van der Waals surface area contributed by atoms with E-state index in [-0.39, 0.29) is 18.0 Å². The van der Waals surface area contributed by atoms with E-state index in [0.717, 1.165) is 42.2 Å². The molecule has 0 aliphatic heterocycles. The third-order valence-electron chi connectivity index (χ3n) is 5.25. The Morgan fingerprint density at radius 2 is 1.67 bits per heavy atom. The van der Waals surface area contributed by atoms with Crippen molar-refractivity contribution in [1.82, 2.24) is 9.97 Å². The van der Waals surface area contributed by atoms with Crippen molar-refractivity contribution in [3.63, 3.8) is 0 Å². The van der Waals surface area contributed by atoms with Crippen molar-refractivity contribution in [2.24, 2.45) is 0 Å². The number of benzene rings is 2. The molecular formula is C23H25N3O4. The standard InChI is InChI=1S/C23H25N3O4/c1-14(27)24-23-25-19-10-8-15(16-9-11-20(28-2)21(13-16)29-3)12-18(19)22(26-23)30-17-6-4-5-7-17/h8-13,17H,4-7H2,1-3H3,(H,24,25,26,27). The second-order valence-electron chi connectivity index (χ2n) is 7.36. The SMILES string of the molecule is COc1ccc(-c2ccc3nc(NC(C)=O)nc(OC4CCCC4)c3c2)cc1OC. The highest BCUT2D eigenvalue weighted by Crippen LogP contribution is 2.35. The van der Waals surface area contributed by atoms with Gasteiger partial charge in [-0.1, -0.05) is 12.1 Å². The summed E-state index contributed by atoms with van der Waals surface area (Å²) in [6, 6.07) is 11.7. The first kappa shape index (κ1) is 19.9. The summed E-state index contributed by atoms with van der Waals surface area (Å²) in [7, 11) is 3.23. The minimum Gasteiger partial charge on any atom is -0.493 e. The molecule has 0 saturated heterocycles. The van der Waals surface area contributed by atoms with Crippen LogP contribution >= 0.6 is 0 Å². The molecule has 1 fully saturated rings. The molecule has 0 atom stereocenters. The number of carbonyl (C=O) groups is 1. The first-order valence-electron chi connectivity index (χ1n) is 10.1. The van der Waals surface area contributed by atoms with E-state index >= 15 is 0 Å². The van der Waals surface area contributed by atoms with Crippen LogP contribution in [-0.2, 0) is 4.79 Å². The maximum Gasteiger partial charge on any atom is 0.233 e. The zero-order chi connectivity index (χ0) is 21.1. The van der Waals surface area contributed by atoms with E-state index in [2.05, 4.69) is 15.3 Å². The summed E-state index contributed by atoms with van der Waals surface area (Å²) in [4.78, 5) is 20.5. The molecule has 1 saturated carbocycles. The average Bonchev–Trinajstić information content (AvgIpc) is 3.25. The van der Waals surface area contributed by atoms with Gasteiger partial charge >= 0.3 is 0 Å². The van der Waals surface area contributed by atoms with Gasteiger partial charge in [-0.25, -0.2) is 4.98 Å². The topological polar surface area (TPSA) is 82.6 Å². The van der Waals surface area contributed by atoms with Gasteiger partial charge in [-0.05, 0) is 61.1 Å². The van der Waals surface area contributed by atoms with Crippen LogP contribution in [0, 0.1) is 0 Å². The third-order valence-corrected chi connectivity index (χ3v) is 5.25. The van der Waals surface area contributed by atoms with E-state index < -0.39 is 0 Å². The Kier molecular flexibility index (Phi) is 5.70. The molecule has 4 rings (SSSR count). The largest absolute Gasteiger partial charge is 0.493 e. The van der Waals surface area contributed by atoms with Gasteiger partial charge < -0.3 is 14.2 Å². The monoisotopic (exact) mass is 407 g/mol. The van der Waals surface area contributed by atoms with Crippen molar-refractivity contribution in [1.29, 1.82) is 0 Å². The number of aromatic nitrogens is 2. The van der Waals surface area contributed by atoms with Gasteiger partial charge in [-0.15, -0.1) is 0 Å². The molecule has 1 amide bonds. The van der Waals surface area contributed by atoms with E-state index in [0.29, 0.717) is 22.9 Å². The maximum absolute atomic E-state index is 11.5. The van der Waals surface area contributed by atoms with Crippen LogP contribution in [0.3, 0.4) is 0 Å².